The summed E-state index contributed by atoms with van der Waals surface area (Å²) in [7, 11) is 0. The first-order valence-electron chi connectivity index (χ1n) is 6.57. The van der Waals surface area contributed by atoms with Crippen LogP contribution in [0.15, 0.2) is 18.2 Å². The number of aryl methyl sites for hydroxylation is 1. The van der Waals surface area contributed by atoms with Gasteiger partial charge in [-0.15, -0.1) is 0 Å². The highest BCUT2D eigenvalue weighted by atomic mass is 16.3. The van der Waals surface area contributed by atoms with Crippen LogP contribution >= 0.6 is 0 Å². The van der Waals surface area contributed by atoms with Gasteiger partial charge in [0.15, 0.2) is 0 Å². The lowest BCUT2D eigenvalue weighted by Gasteiger charge is -2.24. The fraction of sp³-hybridized carbons (Fsp3) is 0.571. The van der Waals surface area contributed by atoms with E-state index in [-0.39, 0.29) is 36.4 Å². The lowest BCUT2D eigenvalue weighted by Crippen LogP contribution is -2.36. The molecule has 1 saturated heterocycles. The predicted octanol–water partition coefficient (Wildman–Crippen LogP) is 0.0628. The average Bonchev–Trinajstić information content (AvgIpc) is 2.80. The number of nitrogens with zero attached hydrogens (tertiary/aromatic N) is 2. The number of carbonyl (C=O) groups excluding carboxylic acids is 1. The monoisotopic (exact) mass is 262 g/mol. The van der Waals surface area contributed by atoms with Crippen LogP contribution in [0.4, 0.5) is 0 Å². The molecule has 0 radical (unpaired) electrons. The van der Waals surface area contributed by atoms with Crippen molar-refractivity contribution in [2.45, 2.75) is 6.92 Å². The largest absolute Gasteiger partial charge is 0.396 e. The fourth-order valence-corrected chi connectivity index (χ4v) is 3.35. The second-order valence-corrected chi connectivity index (χ2v) is 5.64. The van der Waals surface area contributed by atoms with E-state index < -0.39 is 0 Å². The molecule has 1 aliphatic heterocycles. The zero-order valence-corrected chi connectivity index (χ0v) is 10.9. The molecule has 1 aromatic rings. The van der Waals surface area contributed by atoms with Crippen molar-refractivity contribution in [3.05, 3.63) is 29.6 Å². The maximum Gasteiger partial charge on any atom is 0.272 e. The smallest absolute Gasteiger partial charge is 0.272 e. The molecule has 2 unspecified atom stereocenters. The van der Waals surface area contributed by atoms with Crippen LogP contribution in [0, 0.1) is 24.2 Å². The molecule has 1 saturated carbocycles. The summed E-state index contributed by atoms with van der Waals surface area (Å²) in [5.74, 6) is 0.410. The van der Waals surface area contributed by atoms with Crippen LogP contribution in [0.3, 0.4) is 0 Å². The molecule has 1 aromatic heterocycles. The standard InChI is InChI=1S/C14H18N2O3/c1-9-3-2-4-12(15-9)13(19)16-5-10-11(6-16)14(10,7-17)8-18/h2-4,10-11,17-18H,5-8H2,1H3. The molecule has 19 heavy (non-hydrogen) atoms. The van der Waals surface area contributed by atoms with Crippen molar-refractivity contribution >= 4 is 5.91 Å². The zero-order valence-electron chi connectivity index (χ0n) is 10.9. The molecule has 2 aliphatic rings. The van der Waals surface area contributed by atoms with Gasteiger partial charge in [0.2, 0.25) is 0 Å². The van der Waals surface area contributed by atoms with E-state index in [1.807, 2.05) is 19.1 Å². The first-order chi connectivity index (χ1) is 9.12. The zero-order chi connectivity index (χ0) is 13.6. The van der Waals surface area contributed by atoms with E-state index in [0.29, 0.717) is 18.8 Å². The van der Waals surface area contributed by atoms with Crippen molar-refractivity contribution < 1.29 is 15.0 Å². The van der Waals surface area contributed by atoms with E-state index in [1.54, 1.807) is 11.0 Å². The number of piperidine rings is 1. The molecular formula is C14H18N2O3. The van der Waals surface area contributed by atoms with E-state index in [2.05, 4.69) is 4.98 Å². The van der Waals surface area contributed by atoms with Crippen LogP contribution in [-0.4, -0.2) is 52.3 Å². The van der Waals surface area contributed by atoms with Crippen molar-refractivity contribution in [3.63, 3.8) is 0 Å². The van der Waals surface area contributed by atoms with Gasteiger partial charge in [-0.2, -0.15) is 0 Å². The number of rotatable bonds is 3. The third-order valence-electron chi connectivity index (χ3n) is 4.67. The molecule has 1 aliphatic carbocycles. The minimum absolute atomic E-state index is 0.00353. The van der Waals surface area contributed by atoms with Crippen LogP contribution in [0.1, 0.15) is 16.2 Å². The van der Waals surface area contributed by atoms with Crippen molar-refractivity contribution in [1.29, 1.82) is 0 Å². The van der Waals surface area contributed by atoms with Gasteiger partial charge in [-0.05, 0) is 30.9 Å². The summed E-state index contributed by atoms with van der Waals surface area (Å²) in [5, 5.41) is 18.7. The van der Waals surface area contributed by atoms with Crippen LogP contribution in [0.25, 0.3) is 0 Å². The highest BCUT2D eigenvalue weighted by Gasteiger charge is 2.68. The molecule has 102 valence electrons. The Morgan fingerprint density at radius 3 is 2.53 bits per heavy atom. The number of hydrogen-bond acceptors (Lipinski definition) is 4. The normalized spacial score (nSPS) is 27.2. The van der Waals surface area contributed by atoms with Gasteiger partial charge in [0.1, 0.15) is 5.69 Å². The van der Waals surface area contributed by atoms with Gasteiger partial charge in [0, 0.05) is 24.2 Å². The van der Waals surface area contributed by atoms with Gasteiger partial charge in [-0.3, -0.25) is 4.79 Å². The molecule has 5 nitrogen and oxygen atoms in total. The molecule has 2 fully saturated rings. The van der Waals surface area contributed by atoms with Crippen LogP contribution in [0.2, 0.25) is 0 Å². The first-order valence-corrected chi connectivity index (χ1v) is 6.57. The van der Waals surface area contributed by atoms with E-state index in [9.17, 15) is 15.0 Å². The predicted molar refractivity (Wildman–Crippen MR) is 68.5 cm³/mol. The molecule has 1 amide bonds. The first kappa shape index (κ1) is 12.6. The van der Waals surface area contributed by atoms with Crippen LogP contribution in [-0.2, 0) is 0 Å². The summed E-state index contributed by atoms with van der Waals surface area (Å²) in [6.45, 7) is 3.09. The topological polar surface area (TPSA) is 73.7 Å². The Kier molecular flexibility index (Phi) is 2.83. The Morgan fingerprint density at radius 1 is 1.37 bits per heavy atom. The number of aliphatic hydroxyl groups is 2. The lowest BCUT2D eigenvalue weighted by molar-refractivity contribution is 0.0632. The molecule has 0 spiro atoms. The van der Waals surface area contributed by atoms with Gasteiger partial charge in [-0.25, -0.2) is 4.98 Å². The van der Waals surface area contributed by atoms with Gasteiger partial charge in [-0.1, -0.05) is 6.07 Å². The molecular weight excluding hydrogens is 244 g/mol. The molecule has 2 N–H and O–H groups in total. The summed E-state index contributed by atoms with van der Waals surface area (Å²) in [6, 6.07) is 5.42. The Labute approximate surface area is 111 Å². The Hall–Kier alpha value is -1.46. The van der Waals surface area contributed by atoms with Crippen molar-refractivity contribution in [3.8, 4) is 0 Å². The summed E-state index contributed by atoms with van der Waals surface area (Å²) in [6.07, 6.45) is 0. The number of amides is 1. The van der Waals surface area contributed by atoms with E-state index in [0.717, 1.165) is 5.69 Å². The number of pyridine rings is 1. The van der Waals surface area contributed by atoms with Gasteiger partial charge in [0.05, 0.1) is 13.2 Å². The van der Waals surface area contributed by atoms with Crippen molar-refractivity contribution in [2.24, 2.45) is 17.3 Å². The SMILES string of the molecule is Cc1cccc(C(=O)N2CC3C(C2)C3(CO)CO)n1. The highest BCUT2D eigenvalue weighted by Crippen LogP contribution is 2.62. The minimum atomic E-state index is -0.350. The third kappa shape index (κ3) is 1.76. The summed E-state index contributed by atoms with van der Waals surface area (Å²) < 4.78 is 0. The summed E-state index contributed by atoms with van der Waals surface area (Å²) in [5.41, 5.74) is 0.951. The third-order valence-corrected chi connectivity index (χ3v) is 4.67. The maximum absolute atomic E-state index is 12.3. The average molecular weight is 262 g/mol. The number of aromatic nitrogens is 1. The summed E-state index contributed by atoms with van der Waals surface area (Å²) in [4.78, 5) is 18.3. The Morgan fingerprint density at radius 2 is 2.00 bits per heavy atom. The minimum Gasteiger partial charge on any atom is -0.396 e. The molecule has 3 rings (SSSR count). The van der Waals surface area contributed by atoms with Gasteiger partial charge >= 0.3 is 0 Å². The number of aliphatic hydroxyl groups excluding tert-OH is 2. The van der Waals surface area contributed by atoms with Crippen molar-refractivity contribution in [2.75, 3.05) is 26.3 Å². The molecule has 0 bridgehead atoms. The van der Waals surface area contributed by atoms with Gasteiger partial charge < -0.3 is 15.1 Å². The molecule has 2 atom stereocenters. The second kappa shape index (κ2) is 4.28. The van der Waals surface area contributed by atoms with E-state index >= 15 is 0 Å². The maximum atomic E-state index is 12.3. The number of fused-ring (bicyclic) bond motifs is 1. The van der Waals surface area contributed by atoms with Crippen LogP contribution in [0.5, 0.6) is 0 Å². The molecule has 0 aromatic carbocycles. The molecule has 5 heteroatoms. The van der Waals surface area contributed by atoms with Crippen LogP contribution < -0.4 is 0 Å². The van der Waals surface area contributed by atoms with E-state index in [1.165, 1.54) is 0 Å². The molecule has 2 heterocycles. The Balaban J connectivity index is 1.70. The number of carbonyl (C=O) groups is 1. The Bertz CT molecular complexity index is 499. The number of hydrogen-bond donors (Lipinski definition) is 2. The summed E-state index contributed by atoms with van der Waals surface area (Å²) >= 11 is 0. The lowest BCUT2D eigenvalue weighted by atomic mass is 10.0. The van der Waals surface area contributed by atoms with Crippen molar-refractivity contribution in [1.82, 2.24) is 9.88 Å². The highest BCUT2D eigenvalue weighted by molar-refractivity contribution is 5.92. The quantitative estimate of drug-likeness (QED) is 0.808. The van der Waals surface area contributed by atoms with Gasteiger partial charge in [0.25, 0.3) is 5.91 Å². The number of likely N-dealkylation sites (tertiary alicyclic amines) is 1. The second-order valence-electron chi connectivity index (χ2n) is 5.64. The fourth-order valence-electron chi connectivity index (χ4n) is 3.35. The van der Waals surface area contributed by atoms with E-state index in [4.69, 9.17) is 0 Å².